The quantitative estimate of drug-likeness (QED) is 0.318. The van der Waals surface area contributed by atoms with Gasteiger partial charge in [0.2, 0.25) is 0 Å². The number of hydrogen-bond acceptors (Lipinski definition) is 5. The average Bonchev–Trinajstić information content (AvgIpc) is 3.35. The van der Waals surface area contributed by atoms with Crippen LogP contribution in [0.4, 0.5) is 13.2 Å². The number of amides is 1. The Labute approximate surface area is 204 Å². The lowest BCUT2D eigenvalue weighted by Crippen LogP contribution is -2.26. The molecule has 3 aromatic carbocycles. The summed E-state index contributed by atoms with van der Waals surface area (Å²) < 4.78 is 52.5. The molecule has 0 atom stereocenters. The van der Waals surface area contributed by atoms with E-state index in [1.54, 1.807) is 12.5 Å². The number of halogens is 3. The molecule has 35 heavy (non-hydrogen) atoms. The largest absolute Gasteiger partial charge is 0.496 e. The first-order chi connectivity index (χ1) is 16.9. The minimum atomic E-state index is -0.611. The van der Waals surface area contributed by atoms with E-state index in [9.17, 15) is 18.0 Å². The number of nitrogens with one attached hydrogen (secondary N) is 1. The number of rotatable bonds is 9. The molecule has 1 heterocycles. The third-order valence-corrected chi connectivity index (χ3v) is 6.06. The molecule has 0 saturated heterocycles. The molecule has 0 bridgehead atoms. The van der Waals surface area contributed by atoms with Crippen LogP contribution < -0.4 is 14.8 Å². The van der Waals surface area contributed by atoms with Crippen LogP contribution in [0, 0.1) is 17.5 Å². The van der Waals surface area contributed by atoms with Crippen LogP contribution in [0.25, 0.3) is 10.6 Å². The van der Waals surface area contributed by atoms with E-state index in [0.29, 0.717) is 18.0 Å². The molecule has 1 amide bonds. The van der Waals surface area contributed by atoms with Gasteiger partial charge in [-0.3, -0.25) is 4.79 Å². The lowest BCUT2D eigenvalue weighted by atomic mass is 10.1. The Kier molecular flexibility index (Phi) is 7.67. The Balaban J connectivity index is 1.36. The van der Waals surface area contributed by atoms with Crippen LogP contribution >= 0.6 is 11.3 Å². The van der Waals surface area contributed by atoms with Gasteiger partial charge >= 0.3 is 0 Å². The number of ether oxygens (including phenoxy) is 2. The van der Waals surface area contributed by atoms with Gasteiger partial charge in [0.05, 0.1) is 7.11 Å². The van der Waals surface area contributed by atoms with Crippen LogP contribution in [0.3, 0.4) is 0 Å². The molecule has 0 spiro atoms. The van der Waals surface area contributed by atoms with Crippen molar-refractivity contribution >= 4 is 17.2 Å². The van der Waals surface area contributed by atoms with Crippen molar-refractivity contribution in [3.05, 3.63) is 100 Å². The van der Waals surface area contributed by atoms with Crippen LogP contribution in [0.1, 0.15) is 21.6 Å². The molecule has 0 aliphatic carbocycles. The zero-order valence-electron chi connectivity index (χ0n) is 18.7. The van der Waals surface area contributed by atoms with E-state index in [0.717, 1.165) is 46.9 Å². The van der Waals surface area contributed by atoms with Crippen LogP contribution in [0.15, 0.2) is 66.0 Å². The summed E-state index contributed by atoms with van der Waals surface area (Å²) in [5, 5.41) is 4.70. The van der Waals surface area contributed by atoms with Crippen molar-refractivity contribution < 1.29 is 27.4 Å². The Morgan fingerprint density at radius 1 is 1.00 bits per heavy atom. The summed E-state index contributed by atoms with van der Waals surface area (Å²) >= 11 is 1.14. The third-order valence-electron chi connectivity index (χ3n) is 5.18. The van der Waals surface area contributed by atoms with E-state index >= 15 is 0 Å². The highest BCUT2D eigenvalue weighted by atomic mass is 32.1. The number of para-hydroxylation sites is 1. The van der Waals surface area contributed by atoms with Crippen molar-refractivity contribution in [3.8, 4) is 22.1 Å². The van der Waals surface area contributed by atoms with Crippen molar-refractivity contribution in [3.63, 3.8) is 0 Å². The lowest BCUT2D eigenvalue weighted by molar-refractivity contribution is 0.0950. The lowest BCUT2D eigenvalue weighted by Gasteiger charge is -2.09. The molecule has 1 aromatic heterocycles. The molecule has 9 heteroatoms. The monoisotopic (exact) mass is 498 g/mol. The van der Waals surface area contributed by atoms with Gasteiger partial charge in [0.25, 0.3) is 5.91 Å². The Morgan fingerprint density at radius 2 is 1.83 bits per heavy atom. The van der Waals surface area contributed by atoms with E-state index in [-0.39, 0.29) is 35.1 Å². The van der Waals surface area contributed by atoms with Gasteiger partial charge < -0.3 is 14.8 Å². The summed E-state index contributed by atoms with van der Waals surface area (Å²) in [4.78, 5) is 16.7. The predicted octanol–water partition coefficient (Wildman–Crippen LogP) is 5.79. The highest BCUT2D eigenvalue weighted by molar-refractivity contribution is 7.13. The second kappa shape index (κ2) is 11.1. The molecular weight excluding hydrogens is 477 g/mol. The molecule has 0 radical (unpaired) electrons. The van der Waals surface area contributed by atoms with E-state index in [2.05, 4.69) is 10.3 Å². The van der Waals surface area contributed by atoms with E-state index in [1.165, 1.54) is 12.1 Å². The van der Waals surface area contributed by atoms with E-state index in [4.69, 9.17) is 9.47 Å². The molecule has 4 aromatic rings. The highest BCUT2D eigenvalue weighted by Gasteiger charge is 2.15. The second-order valence-electron chi connectivity index (χ2n) is 7.52. The molecule has 5 nitrogen and oxygen atoms in total. The SMILES string of the molecule is COc1ccccc1CCNC(=O)c1csc(-c2ccc(OCc3cc(F)ccc3F)cc2F)n1. The minimum absolute atomic E-state index is 0.0239. The number of hydrogen-bond donors (Lipinski definition) is 1. The molecule has 0 aliphatic heterocycles. The summed E-state index contributed by atoms with van der Waals surface area (Å²) in [6, 6.07) is 14.7. The van der Waals surface area contributed by atoms with Gasteiger partial charge in [0.1, 0.15) is 46.3 Å². The van der Waals surface area contributed by atoms with Crippen LogP contribution in [0.2, 0.25) is 0 Å². The first-order valence-corrected chi connectivity index (χ1v) is 11.5. The molecule has 0 unspecified atom stereocenters. The molecule has 0 aliphatic rings. The predicted molar refractivity (Wildman–Crippen MR) is 127 cm³/mol. The maximum Gasteiger partial charge on any atom is 0.270 e. The highest BCUT2D eigenvalue weighted by Crippen LogP contribution is 2.29. The second-order valence-corrected chi connectivity index (χ2v) is 8.38. The van der Waals surface area contributed by atoms with Gasteiger partial charge in [-0.1, -0.05) is 18.2 Å². The maximum atomic E-state index is 14.7. The number of methoxy groups -OCH3 is 1. The fraction of sp³-hybridized carbons (Fsp3) is 0.154. The first-order valence-electron chi connectivity index (χ1n) is 10.7. The molecule has 0 fully saturated rings. The zero-order chi connectivity index (χ0) is 24.8. The molecular formula is C26H21F3N2O3S. The fourth-order valence-corrected chi connectivity index (χ4v) is 4.21. The first kappa shape index (κ1) is 24.3. The number of carbonyl (C=O) groups excluding carboxylic acids is 1. The summed E-state index contributed by atoms with van der Waals surface area (Å²) in [6.45, 7) is 0.136. The summed E-state index contributed by atoms with van der Waals surface area (Å²) in [5.41, 5.74) is 1.38. The fourth-order valence-electron chi connectivity index (χ4n) is 3.39. The topological polar surface area (TPSA) is 60.5 Å². The molecule has 180 valence electrons. The average molecular weight is 499 g/mol. The van der Waals surface area contributed by atoms with Gasteiger partial charge in [-0.25, -0.2) is 18.2 Å². The van der Waals surface area contributed by atoms with E-state index in [1.807, 2.05) is 24.3 Å². The Bertz CT molecular complexity index is 1340. The molecule has 1 N–H and O–H groups in total. The van der Waals surface area contributed by atoms with Gasteiger partial charge in [-0.2, -0.15) is 0 Å². The number of carbonyl (C=O) groups is 1. The summed E-state index contributed by atoms with van der Waals surface area (Å²) in [6.07, 6.45) is 0.586. The van der Waals surface area contributed by atoms with Gasteiger partial charge in [0.15, 0.2) is 0 Å². The van der Waals surface area contributed by atoms with Crippen LogP contribution in [-0.2, 0) is 13.0 Å². The van der Waals surface area contributed by atoms with Crippen molar-refractivity contribution in [2.45, 2.75) is 13.0 Å². The van der Waals surface area contributed by atoms with Crippen LogP contribution in [-0.4, -0.2) is 24.5 Å². The van der Waals surface area contributed by atoms with Gasteiger partial charge in [0, 0.05) is 29.1 Å². The number of nitrogens with zero attached hydrogens (tertiary/aromatic N) is 1. The number of thiazole rings is 1. The zero-order valence-corrected chi connectivity index (χ0v) is 19.5. The van der Waals surface area contributed by atoms with Crippen molar-refractivity contribution in [2.75, 3.05) is 13.7 Å². The summed E-state index contributed by atoms with van der Waals surface area (Å²) in [5.74, 6) is -1.27. The number of aromatic nitrogens is 1. The van der Waals surface area contributed by atoms with Gasteiger partial charge in [-0.15, -0.1) is 11.3 Å². The van der Waals surface area contributed by atoms with Crippen LogP contribution in [0.5, 0.6) is 11.5 Å². The van der Waals surface area contributed by atoms with Crippen molar-refractivity contribution in [1.82, 2.24) is 10.3 Å². The number of benzene rings is 3. The normalized spacial score (nSPS) is 10.7. The standard InChI is InChI=1S/C26H21F3N2O3S/c1-33-24-5-3-2-4-16(24)10-11-30-25(32)23-15-35-26(31-23)20-8-7-19(13-22(20)29)34-14-17-12-18(27)6-9-21(17)28/h2-9,12-13,15H,10-11,14H2,1H3,(H,30,32). The smallest absolute Gasteiger partial charge is 0.270 e. The molecule has 0 saturated carbocycles. The van der Waals surface area contributed by atoms with E-state index < -0.39 is 17.5 Å². The van der Waals surface area contributed by atoms with Crippen molar-refractivity contribution in [1.29, 1.82) is 0 Å². The van der Waals surface area contributed by atoms with Gasteiger partial charge in [-0.05, 0) is 48.4 Å². The summed E-state index contributed by atoms with van der Waals surface area (Å²) in [7, 11) is 1.59. The minimum Gasteiger partial charge on any atom is -0.496 e. The third kappa shape index (κ3) is 5.99. The maximum absolute atomic E-state index is 14.7. The Morgan fingerprint density at radius 3 is 2.63 bits per heavy atom. The molecule has 4 rings (SSSR count). The van der Waals surface area contributed by atoms with Crippen molar-refractivity contribution in [2.24, 2.45) is 0 Å². The Hall–Kier alpha value is -3.85.